The molecule has 3 heteroatoms. The minimum absolute atomic E-state index is 0. The number of carbonyl (C=O) groups excluding carboxylic acids is 2. The standard InChI is InChI=1S/C5H8O2.3CH3.Pt/c1-4(6)3-5(2)7;;;;/h3H2,1-2H3;3*1H3;/q;3*-1;. The molecule has 11 heavy (non-hydrogen) atoms. The fraction of sp³-hybridized carbons (Fsp3) is 0.375. The Morgan fingerprint density at radius 2 is 1.09 bits per heavy atom. The molecule has 74 valence electrons. The zero-order valence-electron chi connectivity index (χ0n) is 7.84. The Labute approximate surface area is 85.0 Å². The van der Waals surface area contributed by atoms with Gasteiger partial charge in [-0.1, -0.05) is 0 Å². The molecular weight excluding hydrogens is 323 g/mol. The van der Waals surface area contributed by atoms with Crippen LogP contribution in [0.15, 0.2) is 0 Å². The van der Waals surface area contributed by atoms with Crippen LogP contribution in [0.5, 0.6) is 0 Å². The quantitative estimate of drug-likeness (QED) is 0.568. The number of rotatable bonds is 2. The van der Waals surface area contributed by atoms with Gasteiger partial charge in [0.05, 0.1) is 6.42 Å². The van der Waals surface area contributed by atoms with Gasteiger partial charge in [-0.25, -0.2) is 0 Å². The van der Waals surface area contributed by atoms with E-state index >= 15 is 0 Å². The van der Waals surface area contributed by atoms with Crippen LogP contribution in [0.1, 0.15) is 20.3 Å². The molecule has 0 aromatic rings. The van der Waals surface area contributed by atoms with Gasteiger partial charge in [-0.3, -0.25) is 9.59 Å². The SMILES string of the molecule is CC(=O)CC(C)=O.[CH3-].[CH3-].[CH3-].[Pt]. The van der Waals surface area contributed by atoms with Crippen LogP contribution in [0, 0.1) is 22.3 Å². The monoisotopic (exact) mass is 340 g/mol. The smallest absolute Gasteiger partial charge is 0.137 e. The third-order valence-electron chi connectivity index (χ3n) is 0.498. The first kappa shape index (κ1) is 30.5. The van der Waals surface area contributed by atoms with Gasteiger partial charge in [0.1, 0.15) is 11.6 Å². The summed E-state index contributed by atoms with van der Waals surface area (Å²) in [6, 6.07) is 0. The summed E-state index contributed by atoms with van der Waals surface area (Å²) in [6.07, 6.45) is 0.0833. The maximum absolute atomic E-state index is 10.0. The molecule has 2 nitrogen and oxygen atoms in total. The number of hydrogen-bond donors (Lipinski definition) is 0. The molecule has 0 aromatic carbocycles. The van der Waals surface area contributed by atoms with Gasteiger partial charge < -0.3 is 22.3 Å². The van der Waals surface area contributed by atoms with E-state index in [9.17, 15) is 9.59 Å². The molecule has 0 saturated heterocycles. The van der Waals surface area contributed by atoms with E-state index in [2.05, 4.69) is 0 Å². The molecule has 0 atom stereocenters. The van der Waals surface area contributed by atoms with Crippen molar-refractivity contribution in [2.24, 2.45) is 0 Å². The summed E-state index contributed by atoms with van der Waals surface area (Å²) < 4.78 is 0. The van der Waals surface area contributed by atoms with Gasteiger partial charge >= 0.3 is 0 Å². The normalized spacial score (nSPS) is 5.27. The summed E-state index contributed by atoms with van der Waals surface area (Å²) in [5.41, 5.74) is 0. The van der Waals surface area contributed by atoms with Crippen molar-refractivity contribution in [1.29, 1.82) is 0 Å². The maximum Gasteiger partial charge on any atom is 0.137 e. The summed E-state index contributed by atoms with van der Waals surface area (Å²) in [4.78, 5) is 20.1. The van der Waals surface area contributed by atoms with Crippen LogP contribution in [0.25, 0.3) is 0 Å². The molecular formula is C8H17O2Pt-3. The molecule has 0 fully saturated rings. The molecule has 0 amide bonds. The minimum Gasteiger partial charge on any atom is -0.358 e. The van der Waals surface area contributed by atoms with Crippen LogP contribution >= 0.6 is 0 Å². The van der Waals surface area contributed by atoms with E-state index in [1.807, 2.05) is 0 Å². The molecule has 0 aliphatic carbocycles. The third-order valence-corrected chi connectivity index (χ3v) is 0.498. The van der Waals surface area contributed by atoms with Crippen molar-refractivity contribution < 1.29 is 30.7 Å². The maximum atomic E-state index is 10.0. The fourth-order valence-electron chi connectivity index (χ4n) is 0.351. The van der Waals surface area contributed by atoms with Crippen molar-refractivity contribution in [3.63, 3.8) is 0 Å². The van der Waals surface area contributed by atoms with Gasteiger partial charge in [0, 0.05) is 21.1 Å². The van der Waals surface area contributed by atoms with Gasteiger partial charge in [0.2, 0.25) is 0 Å². The number of hydrogen-bond acceptors (Lipinski definition) is 2. The Hall–Kier alpha value is 0.0283. The van der Waals surface area contributed by atoms with E-state index < -0.39 is 0 Å². The minimum atomic E-state index is -0.0625. The first-order valence-electron chi connectivity index (χ1n) is 2.12. The summed E-state index contributed by atoms with van der Waals surface area (Å²) in [5.74, 6) is -0.125. The zero-order chi connectivity index (χ0) is 5.86. The van der Waals surface area contributed by atoms with Crippen LogP contribution in [0.2, 0.25) is 0 Å². The van der Waals surface area contributed by atoms with Gasteiger partial charge in [0.25, 0.3) is 0 Å². The molecule has 0 aliphatic heterocycles. The zero-order valence-corrected chi connectivity index (χ0v) is 10.1. The molecule has 0 saturated carbocycles. The molecule has 0 rings (SSSR count). The van der Waals surface area contributed by atoms with E-state index in [1.165, 1.54) is 13.8 Å². The molecule has 0 aliphatic rings. The Morgan fingerprint density at radius 1 is 0.909 bits per heavy atom. The Balaban J connectivity index is -0.0000000300. The number of Topliss-reactive ketones (excluding diaryl/α,β-unsaturated/α-hetero) is 2. The van der Waals surface area contributed by atoms with Crippen LogP contribution < -0.4 is 0 Å². The molecule has 0 radical (unpaired) electrons. The molecule has 0 spiro atoms. The number of carbonyl (C=O) groups is 2. The van der Waals surface area contributed by atoms with E-state index in [-0.39, 0.29) is 61.3 Å². The van der Waals surface area contributed by atoms with E-state index in [0.29, 0.717) is 0 Å². The molecule has 0 aromatic heterocycles. The van der Waals surface area contributed by atoms with E-state index in [4.69, 9.17) is 0 Å². The molecule has 0 bridgehead atoms. The third kappa shape index (κ3) is 39.8. The largest absolute Gasteiger partial charge is 0.358 e. The summed E-state index contributed by atoms with van der Waals surface area (Å²) >= 11 is 0. The van der Waals surface area contributed by atoms with Gasteiger partial charge in [0.15, 0.2) is 0 Å². The summed E-state index contributed by atoms with van der Waals surface area (Å²) in [6.45, 7) is 2.81. The van der Waals surface area contributed by atoms with Crippen LogP contribution in [-0.2, 0) is 30.7 Å². The summed E-state index contributed by atoms with van der Waals surface area (Å²) in [7, 11) is 0. The van der Waals surface area contributed by atoms with Crippen LogP contribution in [0.3, 0.4) is 0 Å². The van der Waals surface area contributed by atoms with Crippen LogP contribution in [0.4, 0.5) is 0 Å². The Bertz CT molecular complexity index is 88.3. The fourth-order valence-corrected chi connectivity index (χ4v) is 0.351. The van der Waals surface area contributed by atoms with Gasteiger partial charge in [-0.05, 0) is 13.8 Å². The average Bonchev–Trinajstić information content (AvgIpc) is 1.27. The van der Waals surface area contributed by atoms with Crippen molar-refractivity contribution >= 4 is 11.6 Å². The molecule has 0 N–H and O–H groups in total. The van der Waals surface area contributed by atoms with Gasteiger partial charge in [-0.2, -0.15) is 0 Å². The second-order valence-electron chi connectivity index (χ2n) is 1.58. The topological polar surface area (TPSA) is 34.1 Å². The van der Waals surface area contributed by atoms with Crippen molar-refractivity contribution in [3.8, 4) is 0 Å². The van der Waals surface area contributed by atoms with E-state index in [1.54, 1.807) is 0 Å². The Kier molecular flexibility index (Phi) is 45.9. The predicted molar refractivity (Wildman–Crippen MR) is 45.2 cm³/mol. The Morgan fingerprint density at radius 3 is 1.09 bits per heavy atom. The molecule has 0 unspecified atom stereocenters. The first-order valence-corrected chi connectivity index (χ1v) is 2.12. The average molecular weight is 340 g/mol. The van der Waals surface area contributed by atoms with Crippen molar-refractivity contribution in [3.05, 3.63) is 22.3 Å². The van der Waals surface area contributed by atoms with Crippen molar-refractivity contribution in [2.75, 3.05) is 0 Å². The predicted octanol–water partition coefficient (Wildman–Crippen LogP) is 1.90. The second kappa shape index (κ2) is 16.5. The van der Waals surface area contributed by atoms with Crippen molar-refractivity contribution in [1.82, 2.24) is 0 Å². The number of ketones is 2. The van der Waals surface area contributed by atoms with Gasteiger partial charge in [-0.15, -0.1) is 0 Å². The second-order valence-corrected chi connectivity index (χ2v) is 1.58. The van der Waals surface area contributed by atoms with E-state index in [0.717, 1.165) is 0 Å². The first-order chi connectivity index (χ1) is 3.13. The molecule has 0 heterocycles. The summed E-state index contributed by atoms with van der Waals surface area (Å²) in [5, 5.41) is 0. The van der Waals surface area contributed by atoms with Crippen molar-refractivity contribution in [2.45, 2.75) is 20.3 Å². The van der Waals surface area contributed by atoms with Crippen LogP contribution in [-0.4, -0.2) is 11.6 Å².